The number of thiocarbonyl (C=S) groups is 1. The normalized spacial score (nSPS) is 20.0. The summed E-state index contributed by atoms with van der Waals surface area (Å²) in [4.78, 5) is 12.9. The van der Waals surface area contributed by atoms with E-state index < -0.39 is 5.92 Å². The van der Waals surface area contributed by atoms with Gasteiger partial charge in [0, 0.05) is 11.4 Å². The molecule has 0 saturated carbocycles. The Morgan fingerprint density at radius 2 is 1.79 bits per heavy atom. The topological polar surface area (TPSA) is 53.2 Å². The summed E-state index contributed by atoms with van der Waals surface area (Å²) >= 11 is 5.23. The summed E-state index contributed by atoms with van der Waals surface area (Å²) in [5.41, 5.74) is 3.49. The quantitative estimate of drug-likeness (QED) is 0.753. The fraction of sp³-hybridized carbons (Fsp3) is 0.158. The highest BCUT2D eigenvalue weighted by Gasteiger charge is 2.36. The zero-order valence-corrected chi connectivity index (χ0v) is 14.2. The van der Waals surface area contributed by atoms with Crippen molar-refractivity contribution in [3.8, 4) is 0 Å². The molecular weight excluding hydrogens is 318 g/mol. The summed E-state index contributed by atoms with van der Waals surface area (Å²) < 4.78 is 0. The predicted molar refractivity (Wildman–Crippen MR) is 100 cm³/mol. The number of benzene rings is 2. The van der Waals surface area contributed by atoms with Gasteiger partial charge in [-0.05, 0) is 36.8 Å². The van der Waals surface area contributed by atoms with E-state index in [2.05, 4.69) is 22.5 Å². The lowest BCUT2D eigenvalue weighted by molar-refractivity contribution is -0.119. The summed E-state index contributed by atoms with van der Waals surface area (Å²) in [6, 6.07) is 17.2. The van der Waals surface area contributed by atoms with Crippen LogP contribution in [0, 0.1) is 12.8 Å². The van der Waals surface area contributed by atoms with Gasteiger partial charge in [-0.15, -0.1) is 0 Å². The van der Waals surface area contributed by atoms with E-state index in [1.807, 2.05) is 61.5 Å². The number of nitrogens with one attached hydrogen (secondary N) is 3. The van der Waals surface area contributed by atoms with E-state index in [0.29, 0.717) is 10.8 Å². The molecule has 122 valence electrons. The molecule has 0 aromatic heterocycles. The number of anilines is 1. The third kappa shape index (κ3) is 3.46. The molecule has 2 aromatic rings. The number of hydrogen-bond donors (Lipinski definition) is 3. The molecule has 0 radical (unpaired) electrons. The number of aryl methyl sites for hydroxylation is 1. The number of hydrogen-bond acceptors (Lipinski definition) is 2. The maximum atomic E-state index is 12.9. The number of rotatable bonds is 3. The minimum atomic E-state index is -0.472. The van der Waals surface area contributed by atoms with E-state index in [1.54, 1.807) is 0 Å². The molecule has 5 heteroatoms. The second kappa shape index (κ2) is 6.84. The van der Waals surface area contributed by atoms with Gasteiger partial charge < -0.3 is 16.0 Å². The van der Waals surface area contributed by atoms with Crippen LogP contribution in [0.5, 0.6) is 0 Å². The van der Waals surface area contributed by atoms with Gasteiger partial charge in [0.25, 0.3) is 0 Å². The highest BCUT2D eigenvalue weighted by atomic mass is 32.1. The van der Waals surface area contributed by atoms with Crippen LogP contribution in [0.25, 0.3) is 0 Å². The molecule has 0 bridgehead atoms. The number of carbonyl (C=O) groups is 1. The summed E-state index contributed by atoms with van der Waals surface area (Å²) in [5.74, 6) is -0.597. The average Bonchev–Trinajstić information content (AvgIpc) is 2.57. The second-order valence-corrected chi connectivity index (χ2v) is 6.25. The molecule has 1 fully saturated rings. The second-order valence-electron chi connectivity index (χ2n) is 5.85. The molecule has 0 spiro atoms. The van der Waals surface area contributed by atoms with Crippen molar-refractivity contribution in [2.75, 3.05) is 5.32 Å². The van der Waals surface area contributed by atoms with Gasteiger partial charge in [-0.3, -0.25) is 4.79 Å². The highest BCUT2D eigenvalue weighted by molar-refractivity contribution is 7.80. The molecule has 1 amide bonds. The van der Waals surface area contributed by atoms with Crippen molar-refractivity contribution in [3.05, 3.63) is 78.0 Å². The first kappa shape index (κ1) is 16.2. The summed E-state index contributed by atoms with van der Waals surface area (Å²) in [5, 5.41) is 9.60. The lowest BCUT2D eigenvalue weighted by Gasteiger charge is -2.35. The van der Waals surface area contributed by atoms with Gasteiger partial charge in [0.2, 0.25) is 5.91 Å². The van der Waals surface area contributed by atoms with Crippen LogP contribution >= 0.6 is 12.2 Å². The Hall–Kier alpha value is -2.66. The Bertz CT molecular complexity index is 771. The minimum absolute atomic E-state index is 0.125. The summed E-state index contributed by atoms with van der Waals surface area (Å²) in [6.07, 6.45) is 0. The van der Waals surface area contributed by atoms with E-state index in [9.17, 15) is 4.79 Å². The largest absolute Gasteiger partial charge is 0.354 e. The molecule has 2 unspecified atom stereocenters. The van der Waals surface area contributed by atoms with Crippen molar-refractivity contribution in [3.63, 3.8) is 0 Å². The maximum Gasteiger partial charge on any atom is 0.235 e. The lowest BCUT2D eigenvalue weighted by atomic mass is 9.88. The Labute approximate surface area is 147 Å². The molecule has 2 aromatic carbocycles. The van der Waals surface area contributed by atoms with Crippen LogP contribution in [0.2, 0.25) is 0 Å². The monoisotopic (exact) mass is 337 g/mol. The van der Waals surface area contributed by atoms with Gasteiger partial charge in [-0.2, -0.15) is 0 Å². The van der Waals surface area contributed by atoms with E-state index >= 15 is 0 Å². The molecule has 4 nitrogen and oxygen atoms in total. The lowest BCUT2D eigenvalue weighted by Crippen LogP contribution is -2.51. The fourth-order valence-electron chi connectivity index (χ4n) is 2.79. The van der Waals surface area contributed by atoms with Crippen LogP contribution in [-0.4, -0.2) is 11.0 Å². The van der Waals surface area contributed by atoms with Gasteiger partial charge in [-0.25, -0.2) is 0 Å². The standard InChI is InChI=1S/C19H19N3OS/c1-12-8-10-15(11-9-12)21-18(23)16-13(2)20-19(24)22-17(16)14-6-4-3-5-7-14/h3-11,16-17H,2H2,1H3,(H,21,23)(H2,20,22,24). The van der Waals surface area contributed by atoms with Crippen LogP contribution in [0.3, 0.4) is 0 Å². The number of carbonyl (C=O) groups excluding carboxylic acids is 1. The molecule has 1 heterocycles. The van der Waals surface area contributed by atoms with E-state index in [1.165, 1.54) is 0 Å². The van der Waals surface area contributed by atoms with Gasteiger partial charge in [0.1, 0.15) is 5.92 Å². The van der Waals surface area contributed by atoms with E-state index in [-0.39, 0.29) is 11.9 Å². The first-order chi connectivity index (χ1) is 11.5. The zero-order valence-electron chi connectivity index (χ0n) is 13.4. The van der Waals surface area contributed by atoms with Gasteiger partial charge in [-0.1, -0.05) is 54.6 Å². The van der Waals surface area contributed by atoms with Crippen molar-refractivity contribution in [2.24, 2.45) is 5.92 Å². The van der Waals surface area contributed by atoms with Gasteiger partial charge in [0.05, 0.1) is 6.04 Å². The third-order valence-corrected chi connectivity index (χ3v) is 4.25. The molecule has 0 aliphatic carbocycles. The Morgan fingerprint density at radius 3 is 2.46 bits per heavy atom. The fourth-order valence-corrected chi connectivity index (χ4v) is 3.05. The molecule has 1 saturated heterocycles. The molecule has 3 N–H and O–H groups in total. The molecule has 24 heavy (non-hydrogen) atoms. The average molecular weight is 337 g/mol. The van der Waals surface area contributed by atoms with Crippen LogP contribution < -0.4 is 16.0 Å². The highest BCUT2D eigenvalue weighted by Crippen LogP contribution is 2.30. The van der Waals surface area contributed by atoms with E-state index in [0.717, 1.165) is 16.8 Å². The van der Waals surface area contributed by atoms with Crippen molar-refractivity contribution in [2.45, 2.75) is 13.0 Å². The number of amides is 1. The first-order valence-electron chi connectivity index (χ1n) is 7.73. The SMILES string of the molecule is C=C1NC(=S)NC(c2ccccc2)C1C(=O)Nc1ccc(C)cc1. The van der Waals surface area contributed by atoms with Crippen molar-refractivity contribution in [1.82, 2.24) is 10.6 Å². The summed E-state index contributed by atoms with van der Waals surface area (Å²) in [7, 11) is 0. The minimum Gasteiger partial charge on any atom is -0.354 e. The van der Waals surface area contributed by atoms with Crippen molar-refractivity contribution < 1.29 is 4.79 Å². The van der Waals surface area contributed by atoms with E-state index in [4.69, 9.17) is 12.2 Å². The first-order valence-corrected chi connectivity index (χ1v) is 8.14. The van der Waals surface area contributed by atoms with Gasteiger partial charge >= 0.3 is 0 Å². The van der Waals surface area contributed by atoms with Crippen molar-refractivity contribution >= 4 is 28.9 Å². The van der Waals surface area contributed by atoms with Crippen LogP contribution in [-0.2, 0) is 4.79 Å². The Morgan fingerprint density at radius 1 is 1.12 bits per heavy atom. The van der Waals surface area contributed by atoms with Crippen molar-refractivity contribution in [1.29, 1.82) is 0 Å². The smallest absolute Gasteiger partial charge is 0.235 e. The third-order valence-electron chi connectivity index (χ3n) is 4.03. The molecule has 1 aliphatic heterocycles. The molecule has 3 rings (SSSR count). The van der Waals surface area contributed by atoms with Crippen LogP contribution in [0.1, 0.15) is 17.2 Å². The predicted octanol–water partition coefficient (Wildman–Crippen LogP) is 3.28. The Balaban J connectivity index is 1.86. The maximum absolute atomic E-state index is 12.9. The Kier molecular flexibility index (Phi) is 4.62. The molecular formula is C19H19N3OS. The zero-order chi connectivity index (χ0) is 17.1. The van der Waals surface area contributed by atoms with Gasteiger partial charge in [0.15, 0.2) is 5.11 Å². The van der Waals surface area contributed by atoms with Crippen LogP contribution in [0.15, 0.2) is 66.9 Å². The van der Waals surface area contributed by atoms with Crippen LogP contribution in [0.4, 0.5) is 5.69 Å². The molecule has 2 atom stereocenters. The molecule has 1 aliphatic rings. The summed E-state index contributed by atoms with van der Waals surface area (Å²) in [6.45, 7) is 6.01.